The number of benzene rings is 2. The Hall–Kier alpha value is -2.39. The predicted octanol–water partition coefficient (Wildman–Crippen LogP) is 5.09. The maximum absolute atomic E-state index is 4.58. The molecule has 0 spiro atoms. The molecule has 0 radical (unpaired) electrons. The van der Waals surface area contributed by atoms with Crippen molar-refractivity contribution in [2.24, 2.45) is 0 Å². The van der Waals surface area contributed by atoms with Crippen LogP contribution in [0.2, 0.25) is 0 Å². The molecule has 0 saturated heterocycles. The monoisotopic (exact) mass is 306 g/mol. The lowest BCUT2D eigenvalue weighted by Gasteiger charge is -2.11. The average Bonchev–Trinajstić information content (AvgIpc) is 2.95. The summed E-state index contributed by atoms with van der Waals surface area (Å²) in [6, 6.07) is 16.7. The van der Waals surface area contributed by atoms with Crippen molar-refractivity contribution in [3.63, 3.8) is 0 Å². The Kier molecular flexibility index (Phi) is 4.35. The van der Waals surface area contributed by atoms with E-state index in [1.165, 1.54) is 16.0 Å². The van der Waals surface area contributed by atoms with Crippen molar-refractivity contribution in [2.75, 3.05) is 19.0 Å². The Morgan fingerprint density at radius 1 is 0.909 bits per heavy atom. The van der Waals surface area contributed by atoms with Gasteiger partial charge in [-0.15, -0.1) is 11.3 Å². The van der Waals surface area contributed by atoms with E-state index in [9.17, 15) is 0 Å². The maximum Gasteiger partial charge on any atom is 0.117 e. The van der Waals surface area contributed by atoms with Gasteiger partial charge in [-0.2, -0.15) is 0 Å². The van der Waals surface area contributed by atoms with E-state index < -0.39 is 0 Å². The number of rotatable bonds is 4. The summed E-state index contributed by atoms with van der Waals surface area (Å²) in [5.74, 6) is 0. The number of para-hydroxylation sites is 1. The van der Waals surface area contributed by atoms with Gasteiger partial charge in [-0.25, -0.2) is 4.98 Å². The van der Waals surface area contributed by atoms with Crippen molar-refractivity contribution in [1.29, 1.82) is 0 Å². The Morgan fingerprint density at radius 3 is 2.36 bits per heavy atom. The van der Waals surface area contributed by atoms with Crippen LogP contribution < -0.4 is 4.90 Å². The van der Waals surface area contributed by atoms with Crippen LogP contribution in [-0.4, -0.2) is 19.1 Å². The number of fused-ring (bicyclic) bond motifs is 1. The van der Waals surface area contributed by atoms with Crippen LogP contribution in [-0.2, 0) is 0 Å². The third-order valence-electron chi connectivity index (χ3n) is 3.36. The Bertz CT molecular complexity index is 778. The minimum Gasteiger partial charge on any atom is -0.378 e. The summed E-state index contributed by atoms with van der Waals surface area (Å²) in [6.07, 6.45) is 8.24. The van der Waals surface area contributed by atoms with Gasteiger partial charge in [-0.3, -0.25) is 0 Å². The summed E-state index contributed by atoms with van der Waals surface area (Å²) in [6.45, 7) is 0. The number of aromatic nitrogens is 1. The first-order valence-electron chi connectivity index (χ1n) is 7.20. The Balaban J connectivity index is 1.68. The van der Waals surface area contributed by atoms with Crippen LogP contribution in [0.15, 0.2) is 60.7 Å². The molecule has 0 N–H and O–H groups in total. The molecule has 3 rings (SSSR count). The van der Waals surface area contributed by atoms with Crippen molar-refractivity contribution in [1.82, 2.24) is 4.98 Å². The molecule has 0 bridgehead atoms. The quantitative estimate of drug-likeness (QED) is 0.624. The van der Waals surface area contributed by atoms with Gasteiger partial charge in [0.2, 0.25) is 0 Å². The summed E-state index contributed by atoms with van der Waals surface area (Å²) in [5.41, 5.74) is 3.47. The molecule has 1 heterocycles. The van der Waals surface area contributed by atoms with Crippen molar-refractivity contribution >= 4 is 39.4 Å². The Morgan fingerprint density at radius 2 is 1.64 bits per heavy atom. The zero-order chi connectivity index (χ0) is 15.4. The molecule has 1 aromatic heterocycles. The smallest absolute Gasteiger partial charge is 0.117 e. The summed E-state index contributed by atoms with van der Waals surface area (Å²) >= 11 is 1.71. The number of hydrogen-bond acceptors (Lipinski definition) is 3. The molecule has 0 fully saturated rings. The fraction of sp³-hybridized carbons (Fsp3) is 0.105. The fourth-order valence-corrected chi connectivity index (χ4v) is 3.03. The van der Waals surface area contributed by atoms with Crippen molar-refractivity contribution in [2.45, 2.75) is 0 Å². The van der Waals surface area contributed by atoms with Crippen LogP contribution in [0.5, 0.6) is 0 Å². The van der Waals surface area contributed by atoms with Crippen molar-refractivity contribution in [3.8, 4) is 0 Å². The van der Waals surface area contributed by atoms with E-state index in [0.717, 1.165) is 10.5 Å². The van der Waals surface area contributed by atoms with Crippen molar-refractivity contribution in [3.05, 3.63) is 71.3 Å². The van der Waals surface area contributed by atoms with Crippen LogP contribution in [0.1, 0.15) is 10.6 Å². The van der Waals surface area contributed by atoms with Gasteiger partial charge in [-0.1, -0.05) is 42.5 Å². The summed E-state index contributed by atoms with van der Waals surface area (Å²) in [7, 11) is 4.09. The SMILES string of the molecule is CN(C)c1ccc(/C=C/C=C/c2nc3ccccc3s2)cc1. The highest BCUT2D eigenvalue weighted by molar-refractivity contribution is 7.19. The van der Waals surface area contributed by atoms with E-state index in [1.807, 2.05) is 38.4 Å². The zero-order valence-corrected chi connectivity index (χ0v) is 13.5. The molecule has 0 amide bonds. The minimum atomic E-state index is 1.04. The third kappa shape index (κ3) is 3.43. The molecule has 3 aromatic rings. The standard InChI is InChI=1S/C19H18N2S/c1-21(2)16-13-11-15(12-14-16)7-3-6-10-19-20-17-8-4-5-9-18(17)22-19/h3-14H,1-2H3/b7-3+,10-6+. The zero-order valence-electron chi connectivity index (χ0n) is 12.7. The molecule has 22 heavy (non-hydrogen) atoms. The normalized spacial score (nSPS) is 11.7. The highest BCUT2D eigenvalue weighted by atomic mass is 32.1. The molecule has 3 heteroatoms. The van der Waals surface area contributed by atoms with Crippen molar-refractivity contribution < 1.29 is 0 Å². The van der Waals surface area contributed by atoms with E-state index >= 15 is 0 Å². The van der Waals surface area contributed by atoms with E-state index in [4.69, 9.17) is 0 Å². The largest absolute Gasteiger partial charge is 0.378 e. The van der Waals surface area contributed by atoms with E-state index in [0.29, 0.717) is 0 Å². The van der Waals surface area contributed by atoms with E-state index in [1.54, 1.807) is 11.3 Å². The lowest BCUT2D eigenvalue weighted by Crippen LogP contribution is -2.07. The number of thiazole rings is 1. The fourth-order valence-electron chi connectivity index (χ4n) is 2.15. The van der Waals surface area contributed by atoms with Gasteiger partial charge in [0.1, 0.15) is 5.01 Å². The number of anilines is 1. The lowest BCUT2D eigenvalue weighted by atomic mass is 10.2. The van der Waals surface area contributed by atoms with E-state index in [-0.39, 0.29) is 0 Å². The van der Waals surface area contributed by atoms with E-state index in [2.05, 4.69) is 58.4 Å². The van der Waals surface area contributed by atoms with Gasteiger partial charge in [0.15, 0.2) is 0 Å². The molecule has 2 aromatic carbocycles. The molecule has 0 aliphatic rings. The molecule has 2 nitrogen and oxygen atoms in total. The Labute approximate surface area is 135 Å². The topological polar surface area (TPSA) is 16.1 Å². The number of nitrogens with zero attached hydrogens (tertiary/aromatic N) is 2. The first-order valence-corrected chi connectivity index (χ1v) is 8.02. The average molecular weight is 306 g/mol. The predicted molar refractivity (Wildman–Crippen MR) is 98.5 cm³/mol. The van der Waals surface area contributed by atoms with Crippen LogP contribution in [0.25, 0.3) is 22.4 Å². The number of allylic oxidation sites excluding steroid dienone is 2. The van der Waals surface area contributed by atoms with Gasteiger partial charge < -0.3 is 4.90 Å². The number of hydrogen-bond donors (Lipinski definition) is 0. The van der Waals surface area contributed by atoms with Crippen LogP contribution >= 0.6 is 11.3 Å². The third-order valence-corrected chi connectivity index (χ3v) is 4.36. The second kappa shape index (κ2) is 6.58. The molecule has 0 atom stereocenters. The maximum atomic E-state index is 4.58. The molecule has 0 unspecified atom stereocenters. The van der Waals surface area contributed by atoms with Crippen LogP contribution in [0.4, 0.5) is 5.69 Å². The molecular formula is C19H18N2S. The second-order valence-electron chi connectivity index (χ2n) is 5.22. The van der Waals surface area contributed by atoms with Gasteiger partial charge in [0, 0.05) is 19.8 Å². The van der Waals surface area contributed by atoms with Gasteiger partial charge in [-0.05, 0) is 35.9 Å². The van der Waals surface area contributed by atoms with Gasteiger partial charge in [0.05, 0.1) is 10.2 Å². The minimum absolute atomic E-state index is 1.04. The van der Waals surface area contributed by atoms with Gasteiger partial charge in [0.25, 0.3) is 0 Å². The van der Waals surface area contributed by atoms with Gasteiger partial charge >= 0.3 is 0 Å². The summed E-state index contributed by atoms with van der Waals surface area (Å²) < 4.78 is 1.23. The second-order valence-corrected chi connectivity index (χ2v) is 6.29. The molecular weight excluding hydrogens is 288 g/mol. The van der Waals surface area contributed by atoms with Crippen LogP contribution in [0.3, 0.4) is 0 Å². The molecule has 0 aliphatic carbocycles. The first kappa shape index (κ1) is 14.5. The molecule has 0 aliphatic heterocycles. The molecule has 0 saturated carbocycles. The van der Waals surface area contributed by atoms with Crippen LogP contribution in [0, 0.1) is 0 Å². The molecule has 110 valence electrons. The highest BCUT2D eigenvalue weighted by Gasteiger charge is 1.98. The summed E-state index contributed by atoms with van der Waals surface area (Å²) in [5, 5.41) is 1.04. The first-order chi connectivity index (χ1) is 10.7. The lowest BCUT2D eigenvalue weighted by molar-refractivity contribution is 1.13. The highest BCUT2D eigenvalue weighted by Crippen LogP contribution is 2.22. The summed E-state index contributed by atoms with van der Waals surface area (Å²) in [4.78, 5) is 6.68.